The summed E-state index contributed by atoms with van der Waals surface area (Å²) >= 11 is 0. The molecule has 1 saturated carbocycles. The first-order chi connectivity index (χ1) is 13.7. The lowest BCUT2D eigenvalue weighted by Crippen LogP contribution is -2.44. The molecule has 0 unspecified atom stereocenters. The van der Waals surface area contributed by atoms with Crippen molar-refractivity contribution in [2.75, 3.05) is 20.2 Å². The van der Waals surface area contributed by atoms with Gasteiger partial charge in [0.1, 0.15) is 7.11 Å². The molecule has 2 fully saturated rings. The highest BCUT2D eigenvalue weighted by atomic mass is 16.6. The van der Waals surface area contributed by atoms with E-state index in [0.717, 1.165) is 23.6 Å². The Kier molecular flexibility index (Phi) is 6.05. The largest absolute Gasteiger partial charge is 0.399 e. The maximum Gasteiger partial charge on any atom is 0.106 e. The van der Waals surface area contributed by atoms with Crippen LogP contribution < -0.4 is 0 Å². The molecule has 2 aromatic rings. The zero-order chi connectivity index (χ0) is 19.5. The number of oxime groups is 1. The second-order valence-electron chi connectivity index (χ2n) is 8.99. The zero-order valence-corrected chi connectivity index (χ0v) is 17.7. The van der Waals surface area contributed by atoms with Crippen LogP contribution in [0.5, 0.6) is 0 Å². The summed E-state index contributed by atoms with van der Waals surface area (Å²) in [5.74, 6) is 1.79. The van der Waals surface area contributed by atoms with E-state index in [1.54, 1.807) is 7.11 Å². The van der Waals surface area contributed by atoms with E-state index >= 15 is 0 Å². The van der Waals surface area contributed by atoms with Gasteiger partial charge in [-0.05, 0) is 62.5 Å². The van der Waals surface area contributed by atoms with Crippen LogP contribution in [0.3, 0.4) is 0 Å². The molecule has 1 aromatic carbocycles. The molecule has 0 spiro atoms. The number of benzene rings is 1. The molecule has 0 radical (unpaired) electrons. The van der Waals surface area contributed by atoms with E-state index in [-0.39, 0.29) is 0 Å². The minimum absolute atomic E-state index is 0.543. The second kappa shape index (κ2) is 8.69. The molecule has 0 bridgehead atoms. The van der Waals surface area contributed by atoms with Crippen LogP contribution in [0.1, 0.15) is 64.1 Å². The van der Waals surface area contributed by atoms with E-state index < -0.39 is 0 Å². The third-order valence-electron chi connectivity index (χ3n) is 7.13. The number of hydrogen-bond acceptors (Lipinski definition) is 3. The van der Waals surface area contributed by atoms with Crippen molar-refractivity contribution in [3.63, 3.8) is 0 Å². The minimum atomic E-state index is 0.543. The summed E-state index contributed by atoms with van der Waals surface area (Å²) < 4.78 is 2.49. The van der Waals surface area contributed by atoms with Gasteiger partial charge in [0.15, 0.2) is 0 Å². The third-order valence-corrected chi connectivity index (χ3v) is 7.13. The van der Waals surface area contributed by atoms with Gasteiger partial charge in [0.05, 0.1) is 11.9 Å². The molecule has 4 rings (SSSR count). The lowest BCUT2D eigenvalue weighted by molar-refractivity contribution is 0.0893. The smallest absolute Gasteiger partial charge is 0.106 e. The first kappa shape index (κ1) is 19.5. The minimum Gasteiger partial charge on any atom is -0.399 e. The first-order valence-corrected chi connectivity index (χ1v) is 11.1. The maximum absolute atomic E-state index is 4.95. The topological polar surface area (TPSA) is 29.8 Å². The molecule has 0 N–H and O–H groups in total. The molecule has 2 aliphatic rings. The molecule has 4 heteroatoms. The van der Waals surface area contributed by atoms with Crippen LogP contribution in [0.25, 0.3) is 10.9 Å². The molecule has 0 atom stereocenters. The standard InChI is InChI=1S/C24H35N3O/c1-18(2)19-8-10-21(11-9-19)26-14-12-22(13-15-26)27-23(17-25-28-3)16-20-6-4-5-7-24(20)27/h4-7,16-19,21-22H,8-15H2,1-3H3/b25-17+/t19-,21+. The van der Waals surface area contributed by atoms with Crippen molar-refractivity contribution in [3.8, 4) is 0 Å². The van der Waals surface area contributed by atoms with E-state index in [2.05, 4.69) is 58.8 Å². The molecule has 1 aliphatic carbocycles. The molecular formula is C24H35N3O. The molecule has 1 aromatic heterocycles. The molecule has 0 amide bonds. The quantitative estimate of drug-likeness (QED) is 0.507. The number of piperidine rings is 1. The van der Waals surface area contributed by atoms with Crippen molar-refractivity contribution in [1.29, 1.82) is 0 Å². The normalized spacial score (nSPS) is 25.1. The fourth-order valence-electron chi connectivity index (χ4n) is 5.45. The predicted octanol–water partition coefficient (Wildman–Crippen LogP) is 5.47. The predicted molar refractivity (Wildman–Crippen MR) is 117 cm³/mol. The van der Waals surface area contributed by atoms with Crippen molar-refractivity contribution in [3.05, 3.63) is 36.0 Å². The van der Waals surface area contributed by atoms with E-state index in [0.29, 0.717) is 6.04 Å². The van der Waals surface area contributed by atoms with Crippen LogP contribution in [-0.4, -0.2) is 41.9 Å². The van der Waals surface area contributed by atoms with Crippen LogP contribution in [0.15, 0.2) is 35.5 Å². The lowest BCUT2D eigenvalue weighted by atomic mass is 9.79. The molecule has 152 valence electrons. The van der Waals surface area contributed by atoms with Gasteiger partial charge in [-0.25, -0.2) is 0 Å². The molecular weight excluding hydrogens is 346 g/mol. The van der Waals surface area contributed by atoms with Gasteiger partial charge in [-0.1, -0.05) is 37.2 Å². The van der Waals surface area contributed by atoms with Crippen LogP contribution in [-0.2, 0) is 4.84 Å². The molecule has 28 heavy (non-hydrogen) atoms. The summed E-state index contributed by atoms with van der Waals surface area (Å²) in [6, 6.07) is 12.3. The monoisotopic (exact) mass is 381 g/mol. The summed E-state index contributed by atoms with van der Waals surface area (Å²) in [6.07, 6.45) is 9.93. The van der Waals surface area contributed by atoms with Crippen molar-refractivity contribution in [1.82, 2.24) is 9.47 Å². The summed E-state index contributed by atoms with van der Waals surface area (Å²) in [6.45, 7) is 7.22. The SMILES string of the molecule is CO/N=C/c1cc2ccccc2n1C1CCN([C@H]2CC[C@@H](C(C)C)CC2)CC1. The summed E-state index contributed by atoms with van der Waals surface area (Å²) in [5.41, 5.74) is 2.47. The molecule has 1 saturated heterocycles. The van der Waals surface area contributed by atoms with Gasteiger partial charge in [0, 0.05) is 36.1 Å². The molecule has 1 aliphatic heterocycles. The van der Waals surface area contributed by atoms with Gasteiger partial charge >= 0.3 is 0 Å². The zero-order valence-electron chi connectivity index (χ0n) is 17.7. The van der Waals surface area contributed by atoms with Gasteiger partial charge in [0.2, 0.25) is 0 Å². The van der Waals surface area contributed by atoms with Gasteiger partial charge in [-0.3, -0.25) is 0 Å². The first-order valence-electron chi connectivity index (χ1n) is 11.1. The Hall–Kier alpha value is -1.81. The highest BCUT2D eigenvalue weighted by Crippen LogP contribution is 2.35. The number of rotatable bonds is 5. The van der Waals surface area contributed by atoms with Crippen LogP contribution in [0.2, 0.25) is 0 Å². The summed E-state index contributed by atoms with van der Waals surface area (Å²) in [7, 11) is 1.61. The van der Waals surface area contributed by atoms with Gasteiger partial charge in [-0.2, -0.15) is 0 Å². The van der Waals surface area contributed by atoms with Gasteiger partial charge < -0.3 is 14.3 Å². The van der Waals surface area contributed by atoms with Crippen LogP contribution >= 0.6 is 0 Å². The number of likely N-dealkylation sites (tertiary alicyclic amines) is 1. The van der Waals surface area contributed by atoms with Crippen molar-refractivity contribution >= 4 is 17.1 Å². The number of aromatic nitrogens is 1. The van der Waals surface area contributed by atoms with E-state index in [4.69, 9.17) is 4.84 Å². The van der Waals surface area contributed by atoms with Crippen LogP contribution in [0.4, 0.5) is 0 Å². The van der Waals surface area contributed by atoms with Crippen molar-refractivity contribution in [2.45, 2.75) is 64.5 Å². The van der Waals surface area contributed by atoms with Gasteiger partial charge in [-0.15, -0.1) is 0 Å². The third kappa shape index (κ3) is 3.98. The number of nitrogens with zero attached hydrogens (tertiary/aromatic N) is 3. The Morgan fingerprint density at radius 3 is 2.39 bits per heavy atom. The van der Waals surface area contributed by atoms with Crippen LogP contribution in [0, 0.1) is 11.8 Å². The molecule has 2 heterocycles. The fourth-order valence-corrected chi connectivity index (χ4v) is 5.45. The van der Waals surface area contributed by atoms with E-state index in [9.17, 15) is 0 Å². The van der Waals surface area contributed by atoms with Crippen molar-refractivity contribution < 1.29 is 4.84 Å². The van der Waals surface area contributed by atoms with Crippen molar-refractivity contribution in [2.24, 2.45) is 17.0 Å². The Morgan fingerprint density at radius 2 is 1.71 bits per heavy atom. The summed E-state index contributed by atoms with van der Waals surface area (Å²) in [4.78, 5) is 7.73. The Bertz CT molecular complexity index is 793. The van der Waals surface area contributed by atoms with E-state index in [1.165, 1.54) is 62.5 Å². The average molecular weight is 382 g/mol. The number of para-hydroxylation sites is 1. The molecule has 4 nitrogen and oxygen atoms in total. The Morgan fingerprint density at radius 1 is 1.00 bits per heavy atom. The summed E-state index contributed by atoms with van der Waals surface area (Å²) in [5, 5.41) is 5.33. The lowest BCUT2D eigenvalue weighted by Gasteiger charge is -2.42. The fraction of sp³-hybridized carbons (Fsp3) is 0.625. The number of fused-ring (bicyclic) bond motifs is 1. The highest BCUT2D eigenvalue weighted by Gasteiger charge is 2.31. The highest BCUT2D eigenvalue weighted by molar-refractivity contribution is 5.90. The maximum atomic E-state index is 4.95. The Labute approximate surface area is 169 Å². The van der Waals surface area contributed by atoms with Gasteiger partial charge in [0.25, 0.3) is 0 Å². The second-order valence-corrected chi connectivity index (χ2v) is 8.99. The number of hydrogen-bond donors (Lipinski definition) is 0. The average Bonchev–Trinajstić information content (AvgIpc) is 3.10. The van der Waals surface area contributed by atoms with E-state index in [1.807, 2.05) is 6.21 Å². The Balaban J connectivity index is 1.45.